The van der Waals surface area contributed by atoms with Crippen molar-refractivity contribution in [1.82, 2.24) is 5.32 Å². The van der Waals surface area contributed by atoms with Crippen LogP contribution < -0.4 is 5.32 Å². The van der Waals surface area contributed by atoms with Crippen molar-refractivity contribution in [2.75, 3.05) is 6.54 Å². The van der Waals surface area contributed by atoms with Gasteiger partial charge in [0.05, 0.1) is 0 Å². The van der Waals surface area contributed by atoms with Crippen molar-refractivity contribution in [1.29, 1.82) is 0 Å². The number of benzene rings is 1. The van der Waals surface area contributed by atoms with E-state index in [-0.39, 0.29) is 0 Å². The van der Waals surface area contributed by atoms with Gasteiger partial charge in [-0.1, -0.05) is 56.5 Å². The van der Waals surface area contributed by atoms with Gasteiger partial charge in [0.25, 0.3) is 0 Å². The number of hydrogen-bond acceptors (Lipinski definition) is 1. The molecular weight excluding hydrogens is 242 g/mol. The summed E-state index contributed by atoms with van der Waals surface area (Å²) in [4.78, 5) is 0. The van der Waals surface area contributed by atoms with E-state index in [0.29, 0.717) is 11.5 Å². The third kappa shape index (κ3) is 2.93. The molecule has 2 aliphatic carbocycles. The van der Waals surface area contributed by atoms with E-state index in [2.05, 4.69) is 42.6 Å². The number of rotatable bonds is 5. The summed E-state index contributed by atoms with van der Waals surface area (Å²) in [6, 6.07) is 11.9. The lowest BCUT2D eigenvalue weighted by Crippen LogP contribution is -2.46. The van der Waals surface area contributed by atoms with Gasteiger partial charge in [0.1, 0.15) is 0 Å². The van der Waals surface area contributed by atoms with E-state index in [1.807, 2.05) is 0 Å². The molecule has 1 aromatic rings. The molecule has 110 valence electrons. The highest BCUT2D eigenvalue weighted by Crippen LogP contribution is 2.43. The first-order valence-corrected chi connectivity index (χ1v) is 8.61. The van der Waals surface area contributed by atoms with E-state index in [4.69, 9.17) is 0 Å². The van der Waals surface area contributed by atoms with Crippen molar-refractivity contribution in [2.24, 2.45) is 5.41 Å². The molecule has 1 N–H and O–H groups in total. The first kappa shape index (κ1) is 14.1. The molecule has 0 spiro atoms. The molecule has 1 heteroatoms. The molecular formula is C19H29N. The van der Waals surface area contributed by atoms with E-state index >= 15 is 0 Å². The van der Waals surface area contributed by atoms with Crippen LogP contribution in [0.15, 0.2) is 30.3 Å². The summed E-state index contributed by atoms with van der Waals surface area (Å²) in [5, 5.41) is 3.96. The highest BCUT2D eigenvalue weighted by atomic mass is 14.9. The third-order valence-electron chi connectivity index (χ3n) is 5.90. The van der Waals surface area contributed by atoms with Crippen molar-refractivity contribution >= 4 is 0 Å². The maximum absolute atomic E-state index is 3.96. The molecule has 0 radical (unpaired) electrons. The Balaban J connectivity index is 1.64. The Morgan fingerprint density at radius 3 is 2.45 bits per heavy atom. The molecule has 0 heterocycles. The van der Waals surface area contributed by atoms with E-state index < -0.39 is 0 Å². The minimum absolute atomic E-state index is 0.638. The lowest BCUT2D eigenvalue weighted by atomic mass is 9.66. The zero-order valence-corrected chi connectivity index (χ0v) is 12.9. The maximum Gasteiger partial charge on any atom is 0.0136 e. The summed E-state index contributed by atoms with van der Waals surface area (Å²) >= 11 is 0. The van der Waals surface area contributed by atoms with Gasteiger partial charge >= 0.3 is 0 Å². The molecule has 2 unspecified atom stereocenters. The van der Waals surface area contributed by atoms with Crippen LogP contribution in [0, 0.1) is 5.41 Å². The Kier molecular flexibility index (Phi) is 4.45. The van der Waals surface area contributed by atoms with E-state index in [1.54, 1.807) is 5.56 Å². The fraction of sp³-hybridized carbons (Fsp3) is 0.684. The average Bonchev–Trinajstić information content (AvgIpc) is 2.48. The summed E-state index contributed by atoms with van der Waals surface area (Å²) in [7, 11) is 0. The van der Waals surface area contributed by atoms with Gasteiger partial charge in [-0.05, 0) is 49.0 Å². The van der Waals surface area contributed by atoms with Crippen LogP contribution >= 0.6 is 0 Å². The lowest BCUT2D eigenvalue weighted by Gasteiger charge is -2.44. The predicted octanol–water partition coefficient (Wildman–Crippen LogP) is 4.88. The van der Waals surface area contributed by atoms with Crippen LogP contribution in [0.25, 0.3) is 0 Å². The highest BCUT2D eigenvalue weighted by molar-refractivity contribution is 5.22. The Bertz CT molecular complexity index is 402. The fourth-order valence-corrected chi connectivity index (χ4v) is 4.15. The van der Waals surface area contributed by atoms with Gasteiger partial charge in [-0.2, -0.15) is 0 Å². The van der Waals surface area contributed by atoms with Crippen LogP contribution in [0.5, 0.6) is 0 Å². The molecule has 0 bridgehead atoms. The number of nitrogens with one attached hydrogen (secondary N) is 1. The second-order valence-electron chi connectivity index (χ2n) is 7.00. The summed E-state index contributed by atoms with van der Waals surface area (Å²) in [6.45, 7) is 3.62. The molecule has 0 aromatic heterocycles. The second kappa shape index (κ2) is 6.30. The van der Waals surface area contributed by atoms with Crippen molar-refractivity contribution < 1.29 is 0 Å². The molecule has 2 saturated carbocycles. The van der Waals surface area contributed by atoms with Gasteiger partial charge < -0.3 is 5.32 Å². The molecule has 2 fully saturated rings. The lowest BCUT2D eigenvalue weighted by molar-refractivity contribution is 0.113. The zero-order chi connectivity index (χ0) is 13.8. The van der Waals surface area contributed by atoms with Gasteiger partial charge in [-0.15, -0.1) is 0 Å². The topological polar surface area (TPSA) is 12.0 Å². The fourth-order valence-electron chi connectivity index (χ4n) is 4.15. The van der Waals surface area contributed by atoms with Crippen LogP contribution in [-0.2, 0) is 0 Å². The van der Waals surface area contributed by atoms with Crippen molar-refractivity contribution in [3.05, 3.63) is 35.9 Å². The van der Waals surface area contributed by atoms with Crippen molar-refractivity contribution in [3.8, 4) is 0 Å². The summed E-state index contributed by atoms with van der Waals surface area (Å²) in [5.41, 5.74) is 2.18. The van der Waals surface area contributed by atoms with Gasteiger partial charge in [0.15, 0.2) is 0 Å². The van der Waals surface area contributed by atoms with Crippen LogP contribution in [0.3, 0.4) is 0 Å². The van der Waals surface area contributed by atoms with Gasteiger partial charge in [0, 0.05) is 12.6 Å². The molecule has 3 rings (SSSR count). The normalized spacial score (nSPS) is 28.9. The third-order valence-corrected chi connectivity index (χ3v) is 5.90. The van der Waals surface area contributed by atoms with Crippen molar-refractivity contribution in [2.45, 2.75) is 70.3 Å². The molecule has 1 nitrogen and oxygen atoms in total. The van der Waals surface area contributed by atoms with Gasteiger partial charge in [-0.25, -0.2) is 0 Å². The summed E-state index contributed by atoms with van der Waals surface area (Å²) in [5.74, 6) is 0.735. The Labute approximate surface area is 124 Å². The SMILES string of the molecule is CCC1(CNC2CCCCC2c2ccccc2)CCC1. The zero-order valence-electron chi connectivity index (χ0n) is 12.9. The predicted molar refractivity (Wildman–Crippen MR) is 86.0 cm³/mol. The second-order valence-corrected chi connectivity index (χ2v) is 7.00. The van der Waals surface area contributed by atoms with E-state index in [9.17, 15) is 0 Å². The first-order valence-electron chi connectivity index (χ1n) is 8.61. The minimum Gasteiger partial charge on any atom is -0.313 e. The summed E-state index contributed by atoms with van der Waals surface area (Å²) in [6.07, 6.45) is 11.2. The maximum atomic E-state index is 3.96. The van der Waals surface area contributed by atoms with Crippen LogP contribution in [0.4, 0.5) is 0 Å². The quantitative estimate of drug-likeness (QED) is 0.804. The minimum atomic E-state index is 0.638. The van der Waals surface area contributed by atoms with E-state index in [0.717, 1.165) is 5.92 Å². The molecule has 20 heavy (non-hydrogen) atoms. The molecule has 2 atom stereocenters. The monoisotopic (exact) mass is 271 g/mol. The standard InChI is InChI=1S/C19H29N/c1-2-19(13-8-14-19)15-20-18-12-7-6-11-17(18)16-9-4-3-5-10-16/h3-5,9-10,17-18,20H,2,6-8,11-15H2,1H3. The Morgan fingerprint density at radius 2 is 1.80 bits per heavy atom. The van der Waals surface area contributed by atoms with Gasteiger partial charge in [-0.3, -0.25) is 0 Å². The summed E-state index contributed by atoms with van der Waals surface area (Å²) < 4.78 is 0. The molecule has 0 aliphatic heterocycles. The number of hydrogen-bond donors (Lipinski definition) is 1. The van der Waals surface area contributed by atoms with Crippen LogP contribution in [-0.4, -0.2) is 12.6 Å². The average molecular weight is 271 g/mol. The van der Waals surface area contributed by atoms with Crippen LogP contribution in [0.1, 0.15) is 69.8 Å². The van der Waals surface area contributed by atoms with Gasteiger partial charge in [0.2, 0.25) is 0 Å². The molecule has 1 aromatic carbocycles. The Morgan fingerprint density at radius 1 is 1.05 bits per heavy atom. The van der Waals surface area contributed by atoms with Crippen LogP contribution in [0.2, 0.25) is 0 Å². The highest BCUT2D eigenvalue weighted by Gasteiger charge is 2.36. The first-order chi connectivity index (χ1) is 9.83. The molecule has 0 amide bonds. The van der Waals surface area contributed by atoms with E-state index in [1.165, 1.54) is 57.9 Å². The Hall–Kier alpha value is -0.820. The molecule has 0 saturated heterocycles. The van der Waals surface area contributed by atoms with Crippen molar-refractivity contribution in [3.63, 3.8) is 0 Å². The largest absolute Gasteiger partial charge is 0.313 e. The molecule has 2 aliphatic rings. The smallest absolute Gasteiger partial charge is 0.0136 e.